The molecule has 0 bridgehead atoms. The van der Waals surface area contributed by atoms with E-state index in [0.717, 1.165) is 23.4 Å². The molecule has 3 aromatic rings. The first-order valence-corrected chi connectivity index (χ1v) is 9.28. The van der Waals surface area contributed by atoms with Crippen molar-refractivity contribution in [1.29, 1.82) is 0 Å². The van der Waals surface area contributed by atoms with Crippen LogP contribution < -0.4 is 0 Å². The lowest BCUT2D eigenvalue weighted by molar-refractivity contribution is 0.0664. The van der Waals surface area contributed by atoms with Crippen LogP contribution in [0.4, 0.5) is 0 Å². The molecule has 0 spiro atoms. The second kappa shape index (κ2) is 6.82. The lowest BCUT2D eigenvalue weighted by Crippen LogP contribution is -2.42. The normalized spacial score (nSPS) is 16.4. The van der Waals surface area contributed by atoms with Crippen LogP contribution in [0.3, 0.4) is 0 Å². The maximum absolute atomic E-state index is 13.3. The number of hydrogen-bond donors (Lipinski definition) is 0. The lowest BCUT2D eigenvalue weighted by Gasteiger charge is -2.38. The maximum atomic E-state index is 13.3. The standard InChI is InChI=1S/C21H18Cl2N2O/c1-14-5-2-3-6-16(14)20-19-7-4-10-24(19)11-12-25(20)21(26)17-9-8-15(22)13-18(17)23/h2-10,13,20H,11-12H2,1H3. The van der Waals surface area contributed by atoms with E-state index in [4.69, 9.17) is 23.2 Å². The van der Waals surface area contributed by atoms with Crippen molar-refractivity contribution in [2.45, 2.75) is 19.5 Å². The maximum Gasteiger partial charge on any atom is 0.256 e. The summed E-state index contributed by atoms with van der Waals surface area (Å²) in [5.41, 5.74) is 3.89. The van der Waals surface area contributed by atoms with Crippen molar-refractivity contribution in [2.24, 2.45) is 0 Å². The second-order valence-corrected chi connectivity index (χ2v) is 7.35. The predicted octanol–water partition coefficient (Wildman–Crippen LogP) is 5.35. The summed E-state index contributed by atoms with van der Waals surface area (Å²) in [5, 5.41) is 0.904. The zero-order valence-corrected chi connectivity index (χ0v) is 15.8. The van der Waals surface area contributed by atoms with E-state index in [0.29, 0.717) is 22.2 Å². The number of benzene rings is 2. The number of rotatable bonds is 2. The molecular formula is C21H18Cl2N2O. The molecule has 1 aliphatic heterocycles. The van der Waals surface area contributed by atoms with Crippen molar-refractivity contribution in [3.8, 4) is 0 Å². The molecule has 5 heteroatoms. The molecule has 132 valence electrons. The molecule has 1 unspecified atom stereocenters. The van der Waals surface area contributed by atoms with E-state index < -0.39 is 0 Å². The van der Waals surface area contributed by atoms with E-state index in [1.165, 1.54) is 0 Å². The van der Waals surface area contributed by atoms with Crippen molar-refractivity contribution in [1.82, 2.24) is 9.47 Å². The van der Waals surface area contributed by atoms with Gasteiger partial charge in [-0.3, -0.25) is 4.79 Å². The zero-order chi connectivity index (χ0) is 18.3. The third kappa shape index (κ3) is 2.91. The van der Waals surface area contributed by atoms with Gasteiger partial charge in [-0.1, -0.05) is 47.5 Å². The highest BCUT2D eigenvalue weighted by Crippen LogP contribution is 2.36. The van der Waals surface area contributed by atoms with Crippen molar-refractivity contribution in [2.75, 3.05) is 6.54 Å². The molecule has 0 saturated carbocycles. The summed E-state index contributed by atoms with van der Waals surface area (Å²) in [7, 11) is 0. The largest absolute Gasteiger partial charge is 0.348 e. The Labute approximate surface area is 162 Å². The molecule has 1 aromatic heterocycles. The highest BCUT2D eigenvalue weighted by atomic mass is 35.5. The van der Waals surface area contributed by atoms with Gasteiger partial charge >= 0.3 is 0 Å². The van der Waals surface area contributed by atoms with Gasteiger partial charge in [0.05, 0.1) is 16.6 Å². The Morgan fingerprint density at radius 1 is 1.04 bits per heavy atom. The number of aryl methyl sites for hydroxylation is 1. The minimum absolute atomic E-state index is 0.0765. The number of fused-ring (bicyclic) bond motifs is 1. The van der Waals surface area contributed by atoms with Gasteiger partial charge in [-0.2, -0.15) is 0 Å². The lowest BCUT2D eigenvalue weighted by atomic mass is 9.95. The van der Waals surface area contributed by atoms with Gasteiger partial charge in [0.25, 0.3) is 5.91 Å². The van der Waals surface area contributed by atoms with E-state index in [1.807, 2.05) is 23.1 Å². The fourth-order valence-corrected chi connectivity index (χ4v) is 4.13. The number of halogens is 2. The SMILES string of the molecule is Cc1ccccc1C1c2cccn2CCN1C(=O)c1ccc(Cl)cc1Cl. The summed E-state index contributed by atoms with van der Waals surface area (Å²) in [4.78, 5) is 15.3. The number of carbonyl (C=O) groups excluding carboxylic acids is 1. The zero-order valence-electron chi connectivity index (χ0n) is 14.3. The Hall–Kier alpha value is -2.23. The van der Waals surface area contributed by atoms with Gasteiger partial charge in [0.1, 0.15) is 0 Å². The second-order valence-electron chi connectivity index (χ2n) is 6.51. The molecule has 1 amide bonds. The van der Waals surface area contributed by atoms with Crippen molar-refractivity contribution < 1.29 is 4.79 Å². The minimum Gasteiger partial charge on any atom is -0.348 e. The average Bonchev–Trinajstić information content (AvgIpc) is 3.10. The molecule has 0 fully saturated rings. The van der Waals surface area contributed by atoms with Gasteiger partial charge in [-0.15, -0.1) is 0 Å². The Morgan fingerprint density at radius 3 is 2.62 bits per heavy atom. The molecule has 1 atom stereocenters. The van der Waals surface area contributed by atoms with Crippen LogP contribution in [0.2, 0.25) is 10.0 Å². The summed E-state index contributed by atoms with van der Waals surface area (Å²) in [5.74, 6) is -0.0765. The first-order chi connectivity index (χ1) is 12.6. The van der Waals surface area contributed by atoms with Crippen LogP contribution in [0, 0.1) is 6.92 Å². The Kier molecular flexibility index (Phi) is 4.51. The van der Waals surface area contributed by atoms with Crippen molar-refractivity contribution in [3.05, 3.63) is 93.2 Å². The van der Waals surface area contributed by atoms with E-state index in [1.54, 1.807) is 18.2 Å². The van der Waals surface area contributed by atoms with Crippen molar-refractivity contribution in [3.63, 3.8) is 0 Å². The van der Waals surface area contributed by atoms with Crippen molar-refractivity contribution >= 4 is 29.1 Å². The van der Waals surface area contributed by atoms with E-state index in [2.05, 4.69) is 35.9 Å². The Balaban J connectivity index is 1.82. The van der Waals surface area contributed by atoms with Gasteiger partial charge in [0.15, 0.2) is 0 Å². The third-order valence-corrected chi connectivity index (χ3v) is 5.49. The van der Waals surface area contributed by atoms with Gasteiger partial charge in [-0.05, 0) is 48.4 Å². The number of aromatic nitrogens is 1. The number of hydrogen-bond acceptors (Lipinski definition) is 1. The summed E-state index contributed by atoms with van der Waals surface area (Å²) < 4.78 is 2.21. The summed E-state index contributed by atoms with van der Waals surface area (Å²) in [6.07, 6.45) is 2.07. The highest BCUT2D eigenvalue weighted by molar-refractivity contribution is 6.36. The fourth-order valence-electron chi connectivity index (χ4n) is 3.64. The summed E-state index contributed by atoms with van der Waals surface area (Å²) in [6, 6.07) is 17.2. The summed E-state index contributed by atoms with van der Waals surface area (Å²) in [6.45, 7) is 3.47. The van der Waals surface area contributed by atoms with Crippen LogP contribution in [0.1, 0.15) is 33.2 Å². The average molecular weight is 385 g/mol. The van der Waals surface area contributed by atoms with E-state index in [9.17, 15) is 4.79 Å². The molecule has 2 aromatic carbocycles. The third-order valence-electron chi connectivity index (χ3n) is 4.94. The van der Waals surface area contributed by atoms with Crippen LogP contribution in [-0.4, -0.2) is 21.9 Å². The first kappa shape index (κ1) is 17.2. The smallest absolute Gasteiger partial charge is 0.256 e. The molecule has 4 rings (SSSR count). The Bertz CT molecular complexity index is 980. The number of amides is 1. The molecule has 3 nitrogen and oxygen atoms in total. The molecular weight excluding hydrogens is 367 g/mol. The quantitative estimate of drug-likeness (QED) is 0.584. The van der Waals surface area contributed by atoms with Crippen LogP contribution >= 0.6 is 23.2 Å². The number of carbonyl (C=O) groups is 1. The molecule has 0 N–H and O–H groups in total. The van der Waals surface area contributed by atoms with Crippen LogP contribution in [0.25, 0.3) is 0 Å². The molecule has 26 heavy (non-hydrogen) atoms. The summed E-state index contributed by atoms with van der Waals surface area (Å²) >= 11 is 12.3. The number of nitrogens with zero attached hydrogens (tertiary/aromatic N) is 2. The Morgan fingerprint density at radius 2 is 1.85 bits per heavy atom. The van der Waals surface area contributed by atoms with E-state index >= 15 is 0 Å². The monoisotopic (exact) mass is 384 g/mol. The fraction of sp³-hybridized carbons (Fsp3) is 0.190. The van der Waals surface area contributed by atoms with E-state index in [-0.39, 0.29) is 11.9 Å². The van der Waals surface area contributed by atoms with Gasteiger partial charge in [0, 0.05) is 30.0 Å². The topological polar surface area (TPSA) is 25.2 Å². The van der Waals surface area contributed by atoms with Crippen LogP contribution in [0.5, 0.6) is 0 Å². The van der Waals surface area contributed by atoms with Gasteiger partial charge in [-0.25, -0.2) is 0 Å². The molecule has 0 radical (unpaired) electrons. The minimum atomic E-state index is -0.140. The highest BCUT2D eigenvalue weighted by Gasteiger charge is 2.34. The molecule has 0 aliphatic carbocycles. The molecule has 2 heterocycles. The van der Waals surface area contributed by atoms with Gasteiger partial charge in [0.2, 0.25) is 0 Å². The van der Waals surface area contributed by atoms with Crippen LogP contribution in [0.15, 0.2) is 60.8 Å². The first-order valence-electron chi connectivity index (χ1n) is 8.53. The van der Waals surface area contributed by atoms with Gasteiger partial charge < -0.3 is 9.47 Å². The predicted molar refractivity (Wildman–Crippen MR) is 105 cm³/mol. The van der Waals surface area contributed by atoms with Crippen LogP contribution in [-0.2, 0) is 6.54 Å². The molecule has 1 aliphatic rings. The molecule has 0 saturated heterocycles.